The summed E-state index contributed by atoms with van der Waals surface area (Å²) in [7, 11) is 0. The number of hydrogen-bond acceptors (Lipinski definition) is 4. The highest BCUT2D eigenvalue weighted by atomic mass is 16.5. The molecule has 2 rings (SSSR count). The molecule has 0 unspecified atom stereocenters. The van der Waals surface area contributed by atoms with E-state index in [0.717, 1.165) is 71.7 Å². The molecule has 0 saturated carbocycles. The van der Waals surface area contributed by atoms with Crippen LogP contribution in [0.1, 0.15) is 76.3 Å². The zero-order chi connectivity index (χ0) is 21.6. The van der Waals surface area contributed by atoms with Gasteiger partial charge in [0, 0.05) is 34.7 Å². The number of hydrogen-bond donors (Lipinski definition) is 0. The van der Waals surface area contributed by atoms with E-state index in [9.17, 15) is 9.59 Å². The van der Waals surface area contributed by atoms with Gasteiger partial charge in [0.15, 0.2) is 0 Å². The Morgan fingerprint density at radius 1 is 0.633 bits per heavy atom. The lowest BCUT2D eigenvalue weighted by Crippen LogP contribution is -2.05. The third-order valence-electron chi connectivity index (χ3n) is 5.36. The van der Waals surface area contributed by atoms with Gasteiger partial charge in [-0.25, -0.2) is 0 Å². The third-order valence-corrected chi connectivity index (χ3v) is 5.36. The molecule has 0 amide bonds. The maximum Gasteiger partial charge on any atom is 0.130 e. The average Bonchev–Trinajstić information content (AvgIpc) is 2.75. The van der Waals surface area contributed by atoms with Gasteiger partial charge in [-0.2, -0.15) is 0 Å². The van der Waals surface area contributed by atoms with Crippen molar-refractivity contribution >= 4 is 23.3 Å². The van der Waals surface area contributed by atoms with Crippen molar-refractivity contribution in [1.82, 2.24) is 0 Å². The van der Waals surface area contributed by atoms with Crippen LogP contribution in [0.25, 0.3) is 10.8 Å². The first-order valence-corrected chi connectivity index (χ1v) is 11.5. The molecule has 164 valence electrons. The standard InChI is InChI=1S/C26H36O4/c1-3-5-7-9-19-29-25-21(15-17-27)11-14-24-23(25)13-12-22(16-18-28)26(24)30-20-10-8-6-4-2/h11-14,17-18H,3-10,15-16,19-20H2,1-2H3. The average molecular weight is 413 g/mol. The molecule has 0 aliphatic heterocycles. The van der Waals surface area contributed by atoms with Gasteiger partial charge in [0.25, 0.3) is 0 Å². The van der Waals surface area contributed by atoms with E-state index in [-0.39, 0.29) is 0 Å². The molecule has 30 heavy (non-hydrogen) atoms. The van der Waals surface area contributed by atoms with Gasteiger partial charge in [0.1, 0.15) is 24.1 Å². The van der Waals surface area contributed by atoms with Crippen LogP contribution < -0.4 is 9.47 Å². The maximum absolute atomic E-state index is 11.2. The summed E-state index contributed by atoms with van der Waals surface area (Å²) < 4.78 is 12.4. The predicted octanol–water partition coefficient (Wildman–Crippen LogP) is 6.24. The molecule has 4 heteroatoms. The Morgan fingerprint density at radius 2 is 1.07 bits per heavy atom. The van der Waals surface area contributed by atoms with Crippen LogP contribution in [0.5, 0.6) is 11.5 Å². The van der Waals surface area contributed by atoms with Crippen molar-refractivity contribution in [3.63, 3.8) is 0 Å². The molecule has 2 aromatic rings. The minimum Gasteiger partial charge on any atom is -0.493 e. The normalized spacial score (nSPS) is 10.9. The molecular formula is C26H36O4. The van der Waals surface area contributed by atoms with Crippen molar-refractivity contribution in [3.05, 3.63) is 35.4 Å². The first-order valence-electron chi connectivity index (χ1n) is 11.5. The summed E-state index contributed by atoms with van der Waals surface area (Å²) in [6, 6.07) is 7.89. The highest BCUT2D eigenvalue weighted by molar-refractivity contribution is 5.96. The second-order valence-corrected chi connectivity index (χ2v) is 7.76. The molecule has 2 aromatic carbocycles. The number of benzene rings is 2. The molecule has 0 radical (unpaired) electrons. The predicted molar refractivity (Wildman–Crippen MR) is 123 cm³/mol. The number of carbonyl (C=O) groups excluding carboxylic acids is 2. The summed E-state index contributed by atoms with van der Waals surface area (Å²) in [5.74, 6) is 1.54. The Bertz CT molecular complexity index is 730. The number of fused-ring (bicyclic) bond motifs is 1. The SMILES string of the molecule is CCCCCCOc1c(CC=O)ccc2c(OCCCCCC)c(CC=O)ccc12. The van der Waals surface area contributed by atoms with Crippen molar-refractivity contribution in [2.75, 3.05) is 13.2 Å². The smallest absolute Gasteiger partial charge is 0.130 e. The van der Waals surface area contributed by atoms with Crippen molar-refractivity contribution in [2.24, 2.45) is 0 Å². The van der Waals surface area contributed by atoms with E-state index in [0.29, 0.717) is 26.1 Å². The summed E-state index contributed by atoms with van der Waals surface area (Å²) in [4.78, 5) is 22.4. The fourth-order valence-corrected chi connectivity index (χ4v) is 3.69. The van der Waals surface area contributed by atoms with Crippen LogP contribution in [0.15, 0.2) is 24.3 Å². The van der Waals surface area contributed by atoms with Crippen LogP contribution in [0.2, 0.25) is 0 Å². The molecule has 0 aromatic heterocycles. The van der Waals surface area contributed by atoms with E-state index < -0.39 is 0 Å². The molecule has 0 aliphatic rings. The van der Waals surface area contributed by atoms with Crippen molar-refractivity contribution in [2.45, 2.75) is 78.1 Å². The molecule has 4 nitrogen and oxygen atoms in total. The molecule has 0 atom stereocenters. The first kappa shape index (κ1) is 23.9. The number of carbonyl (C=O) groups is 2. The zero-order valence-corrected chi connectivity index (χ0v) is 18.6. The quantitative estimate of drug-likeness (QED) is 0.242. The van der Waals surface area contributed by atoms with Gasteiger partial charge in [-0.3, -0.25) is 0 Å². The minimum atomic E-state index is 0.323. The number of rotatable bonds is 16. The molecule has 0 aliphatic carbocycles. The van der Waals surface area contributed by atoms with Crippen molar-refractivity contribution in [3.8, 4) is 11.5 Å². The first-order chi connectivity index (χ1) is 14.8. The zero-order valence-electron chi connectivity index (χ0n) is 18.6. The number of aldehydes is 2. The monoisotopic (exact) mass is 412 g/mol. The summed E-state index contributed by atoms with van der Waals surface area (Å²) >= 11 is 0. The summed E-state index contributed by atoms with van der Waals surface area (Å²) in [5, 5.41) is 1.89. The topological polar surface area (TPSA) is 52.6 Å². The second-order valence-electron chi connectivity index (χ2n) is 7.76. The third kappa shape index (κ3) is 6.86. The van der Waals surface area contributed by atoms with Crippen LogP contribution in [-0.4, -0.2) is 25.8 Å². The fourth-order valence-electron chi connectivity index (χ4n) is 3.69. The lowest BCUT2D eigenvalue weighted by atomic mass is 9.99. The number of unbranched alkanes of at least 4 members (excludes halogenated alkanes) is 6. The fraction of sp³-hybridized carbons (Fsp3) is 0.538. The van der Waals surface area contributed by atoms with E-state index in [1.165, 1.54) is 25.7 Å². The van der Waals surface area contributed by atoms with E-state index in [2.05, 4.69) is 13.8 Å². The summed E-state index contributed by atoms with van der Waals surface area (Å²) in [6.07, 6.45) is 11.5. The van der Waals surface area contributed by atoms with E-state index in [4.69, 9.17) is 9.47 Å². The minimum absolute atomic E-state index is 0.323. The highest BCUT2D eigenvalue weighted by Crippen LogP contribution is 2.38. The van der Waals surface area contributed by atoms with E-state index >= 15 is 0 Å². The Hall–Kier alpha value is -2.36. The van der Waals surface area contributed by atoms with E-state index in [1.807, 2.05) is 24.3 Å². The summed E-state index contributed by atoms with van der Waals surface area (Å²) in [6.45, 7) is 5.64. The van der Waals surface area contributed by atoms with Crippen LogP contribution in [0.3, 0.4) is 0 Å². The Balaban J connectivity index is 2.34. The van der Waals surface area contributed by atoms with Crippen LogP contribution >= 0.6 is 0 Å². The van der Waals surface area contributed by atoms with Gasteiger partial charge in [0.05, 0.1) is 13.2 Å². The Morgan fingerprint density at radius 3 is 1.43 bits per heavy atom. The largest absolute Gasteiger partial charge is 0.493 e. The van der Waals surface area contributed by atoms with Gasteiger partial charge < -0.3 is 19.1 Å². The van der Waals surface area contributed by atoms with E-state index in [1.54, 1.807) is 0 Å². The van der Waals surface area contributed by atoms with Crippen molar-refractivity contribution < 1.29 is 19.1 Å². The lowest BCUT2D eigenvalue weighted by molar-refractivity contribution is -0.108. The van der Waals surface area contributed by atoms with Crippen LogP contribution in [0, 0.1) is 0 Å². The van der Waals surface area contributed by atoms with Gasteiger partial charge in [0.2, 0.25) is 0 Å². The second kappa shape index (κ2) is 13.8. The molecule has 0 bridgehead atoms. The number of ether oxygens (including phenoxy) is 2. The molecular weight excluding hydrogens is 376 g/mol. The lowest BCUT2D eigenvalue weighted by Gasteiger charge is -2.18. The molecule has 0 fully saturated rings. The van der Waals surface area contributed by atoms with Gasteiger partial charge in [-0.1, -0.05) is 76.6 Å². The van der Waals surface area contributed by atoms with Crippen LogP contribution in [-0.2, 0) is 22.4 Å². The maximum atomic E-state index is 11.2. The molecule has 0 N–H and O–H groups in total. The molecule has 0 spiro atoms. The Kier molecular flexibility index (Phi) is 11.0. The van der Waals surface area contributed by atoms with Gasteiger partial charge in [-0.15, -0.1) is 0 Å². The molecule has 0 saturated heterocycles. The van der Waals surface area contributed by atoms with Crippen molar-refractivity contribution in [1.29, 1.82) is 0 Å². The molecule has 0 heterocycles. The Labute approximate surface area is 181 Å². The highest BCUT2D eigenvalue weighted by Gasteiger charge is 2.15. The van der Waals surface area contributed by atoms with Gasteiger partial charge >= 0.3 is 0 Å². The van der Waals surface area contributed by atoms with Gasteiger partial charge in [-0.05, 0) is 12.8 Å². The summed E-state index contributed by atoms with van der Waals surface area (Å²) in [5.41, 5.74) is 1.79. The van der Waals surface area contributed by atoms with Crippen LogP contribution in [0.4, 0.5) is 0 Å².